The van der Waals surface area contributed by atoms with Crippen molar-refractivity contribution in [2.75, 3.05) is 31.1 Å². The van der Waals surface area contributed by atoms with Gasteiger partial charge in [0.1, 0.15) is 0 Å². The Hall–Kier alpha value is -0.220. The number of hydrogen-bond donors (Lipinski definition) is 2. The first-order valence-electron chi connectivity index (χ1n) is 6.92. The van der Waals surface area contributed by atoms with E-state index in [9.17, 15) is 4.79 Å². The third-order valence-corrected chi connectivity index (χ3v) is 4.89. The van der Waals surface area contributed by atoms with Crippen LogP contribution in [0.25, 0.3) is 0 Å². The maximum absolute atomic E-state index is 11.9. The van der Waals surface area contributed by atoms with E-state index in [2.05, 4.69) is 10.6 Å². The second-order valence-electron chi connectivity index (χ2n) is 5.18. The van der Waals surface area contributed by atoms with Gasteiger partial charge in [-0.05, 0) is 62.6 Å². The normalized spacial score (nSPS) is 26.7. The van der Waals surface area contributed by atoms with Gasteiger partial charge in [0.25, 0.3) is 0 Å². The first kappa shape index (κ1) is 13.2. The number of hydrogen-bond acceptors (Lipinski definition) is 3. The molecule has 1 amide bonds. The van der Waals surface area contributed by atoms with Crippen LogP contribution < -0.4 is 10.6 Å². The molecule has 4 heteroatoms. The van der Waals surface area contributed by atoms with Crippen molar-refractivity contribution in [3.05, 3.63) is 0 Å². The number of rotatable bonds is 4. The molecule has 2 aliphatic heterocycles. The summed E-state index contributed by atoms with van der Waals surface area (Å²) in [5.41, 5.74) is 0. The van der Waals surface area contributed by atoms with Crippen LogP contribution in [0.2, 0.25) is 0 Å². The summed E-state index contributed by atoms with van der Waals surface area (Å²) in [6.45, 7) is 3.17. The van der Waals surface area contributed by atoms with E-state index in [1.165, 1.54) is 19.4 Å². The molecular weight excluding hydrogens is 232 g/mol. The number of nitrogens with one attached hydrogen (secondary N) is 2. The number of carbonyl (C=O) groups excluding carboxylic acids is 1. The topological polar surface area (TPSA) is 41.1 Å². The van der Waals surface area contributed by atoms with Gasteiger partial charge in [0.05, 0.1) is 0 Å². The molecule has 2 fully saturated rings. The summed E-state index contributed by atoms with van der Waals surface area (Å²) in [6, 6.07) is 0. The smallest absolute Gasteiger partial charge is 0.223 e. The molecule has 2 saturated heterocycles. The minimum atomic E-state index is 0.292. The molecule has 0 aliphatic carbocycles. The van der Waals surface area contributed by atoms with Gasteiger partial charge in [-0.2, -0.15) is 11.8 Å². The molecule has 3 nitrogen and oxygen atoms in total. The fourth-order valence-corrected chi connectivity index (χ4v) is 3.78. The van der Waals surface area contributed by atoms with E-state index in [0.717, 1.165) is 49.8 Å². The average molecular weight is 256 g/mol. The number of piperidine rings is 1. The Morgan fingerprint density at radius 3 is 2.82 bits per heavy atom. The monoisotopic (exact) mass is 256 g/mol. The molecule has 0 bridgehead atoms. The first-order chi connectivity index (χ1) is 8.36. The first-order valence-corrected chi connectivity index (χ1v) is 8.08. The van der Waals surface area contributed by atoms with Crippen LogP contribution in [0.3, 0.4) is 0 Å². The maximum atomic E-state index is 11.9. The predicted molar refractivity (Wildman–Crippen MR) is 73.3 cm³/mol. The average Bonchev–Trinajstić information content (AvgIpc) is 2.41. The largest absolute Gasteiger partial charge is 0.356 e. The summed E-state index contributed by atoms with van der Waals surface area (Å²) < 4.78 is 0. The molecule has 2 aliphatic rings. The van der Waals surface area contributed by atoms with Gasteiger partial charge in [0, 0.05) is 12.5 Å². The summed E-state index contributed by atoms with van der Waals surface area (Å²) in [5, 5.41) is 6.54. The zero-order valence-corrected chi connectivity index (χ0v) is 11.4. The van der Waals surface area contributed by atoms with Gasteiger partial charge in [-0.15, -0.1) is 0 Å². The molecule has 0 aromatic carbocycles. The van der Waals surface area contributed by atoms with Crippen LogP contribution in [0.1, 0.15) is 32.1 Å². The molecule has 0 spiro atoms. The highest BCUT2D eigenvalue weighted by atomic mass is 32.2. The molecular formula is C13H24N2OS. The Bertz CT molecular complexity index is 236. The van der Waals surface area contributed by atoms with Crippen molar-refractivity contribution >= 4 is 17.7 Å². The van der Waals surface area contributed by atoms with Crippen LogP contribution in [0, 0.1) is 11.8 Å². The molecule has 0 aromatic rings. The third kappa shape index (κ3) is 4.51. The fourth-order valence-electron chi connectivity index (χ4n) is 2.67. The summed E-state index contributed by atoms with van der Waals surface area (Å²) in [7, 11) is 0. The number of amides is 1. The third-order valence-electron chi connectivity index (χ3n) is 3.84. The Kier molecular flexibility index (Phi) is 5.65. The van der Waals surface area contributed by atoms with Crippen molar-refractivity contribution in [1.82, 2.24) is 10.6 Å². The Morgan fingerprint density at radius 1 is 1.29 bits per heavy atom. The molecule has 1 atom stereocenters. The van der Waals surface area contributed by atoms with Crippen LogP contribution in [0.5, 0.6) is 0 Å². The molecule has 0 radical (unpaired) electrons. The van der Waals surface area contributed by atoms with Gasteiger partial charge in [-0.25, -0.2) is 0 Å². The Balaban J connectivity index is 1.58. The summed E-state index contributed by atoms with van der Waals surface area (Å²) in [4.78, 5) is 11.9. The summed E-state index contributed by atoms with van der Waals surface area (Å²) in [5.74, 6) is 3.68. The highest BCUT2D eigenvalue weighted by molar-refractivity contribution is 7.99. The Labute approximate surface area is 108 Å². The maximum Gasteiger partial charge on any atom is 0.223 e. The molecule has 98 valence electrons. The van der Waals surface area contributed by atoms with E-state index < -0.39 is 0 Å². The second kappa shape index (κ2) is 7.27. The summed E-state index contributed by atoms with van der Waals surface area (Å²) >= 11 is 1.97. The molecule has 0 aromatic heterocycles. The van der Waals surface area contributed by atoms with Crippen LogP contribution in [0.15, 0.2) is 0 Å². The van der Waals surface area contributed by atoms with Crippen molar-refractivity contribution in [3.8, 4) is 0 Å². The van der Waals surface area contributed by atoms with E-state index in [4.69, 9.17) is 0 Å². The van der Waals surface area contributed by atoms with Crippen LogP contribution in [-0.4, -0.2) is 37.0 Å². The van der Waals surface area contributed by atoms with Crippen molar-refractivity contribution < 1.29 is 4.79 Å². The van der Waals surface area contributed by atoms with E-state index in [1.54, 1.807) is 0 Å². The van der Waals surface area contributed by atoms with Crippen molar-refractivity contribution in [2.24, 2.45) is 11.8 Å². The van der Waals surface area contributed by atoms with Gasteiger partial charge in [0.15, 0.2) is 0 Å². The lowest BCUT2D eigenvalue weighted by Crippen LogP contribution is -2.36. The van der Waals surface area contributed by atoms with Gasteiger partial charge >= 0.3 is 0 Å². The van der Waals surface area contributed by atoms with Gasteiger partial charge in [-0.1, -0.05) is 0 Å². The van der Waals surface area contributed by atoms with Crippen LogP contribution >= 0.6 is 11.8 Å². The van der Waals surface area contributed by atoms with E-state index in [1.807, 2.05) is 11.8 Å². The molecule has 1 unspecified atom stereocenters. The molecule has 2 heterocycles. The summed E-state index contributed by atoms with van der Waals surface area (Å²) in [6.07, 6.45) is 5.89. The zero-order valence-electron chi connectivity index (χ0n) is 10.5. The highest BCUT2D eigenvalue weighted by Crippen LogP contribution is 2.22. The van der Waals surface area contributed by atoms with Crippen molar-refractivity contribution in [2.45, 2.75) is 32.1 Å². The molecule has 17 heavy (non-hydrogen) atoms. The zero-order chi connectivity index (χ0) is 11.9. The SMILES string of the molecule is O=C(NCCC1CCCNC1)C1CCSCC1. The quantitative estimate of drug-likeness (QED) is 0.803. The molecule has 2 N–H and O–H groups in total. The second-order valence-corrected chi connectivity index (χ2v) is 6.40. The molecule has 0 saturated carbocycles. The standard InChI is InChI=1S/C13H24N2OS/c16-13(12-4-8-17-9-5-12)15-7-3-11-2-1-6-14-10-11/h11-12,14H,1-10H2,(H,15,16). The van der Waals surface area contributed by atoms with Crippen molar-refractivity contribution in [3.63, 3.8) is 0 Å². The Morgan fingerprint density at radius 2 is 2.12 bits per heavy atom. The lowest BCUT2D eigenvalue weighted by Gasteiger charge is -2.24. The lowest BCUT2D eigenvalue weighted by atomic mass is 9.96. The van der Waals surface area contributed by atoms with E-state index in [-0.39, 0.29) is 0 Å². The predicted octanol–water partition coefficient (Wildman–Crippen LogP) is 1.64. The van der Waals surface area contributed by atoms with Crippen LogP contribution in [-0.2, 0) is 4.79 Å². The van der Waals surface area contributed by atoms with Gasteiger partial charge < -0.3 is 10.6 Å². The number of thioether (sulfide) groups is 1. The lowest BCUT2D eigenvalue weighted by molar-refractivity contribution is -0.125. The fraction of sp³-hybridized carbons (Fsp3) is 0.923. The van der Waals surface area contributed by atoms with E-state index in [0.29, 0.717) is 11.8 Å². The van der Waals surface area contributed by atoms with Gasteiger partial charge in [0.2, 0.25) is 5.91 Å². The van der Waals surface area contributed by atoms with Gasteiger partial charge in [-0.3, -0.25) is 4.79 Å². The highest BCUT2D eigenvalue weighted by Gasteiger charge is 2.21. The molecule has 2 rings (SSSR count). The minimum Gasteiger partial charge on any atom is -0.356 e. The van der Waals surface area contributed by atoms with E-state index >= 15 is 0 Å². The van der Waals surface area contributed by atoms with Crippen molar-refractivity contribution in [1.29, 1.82) is 0 Å². The van der Waals surface area contributed by atoms with Crippen LogP contribution in [0.4, 0.5) is 0 Å². The number of carbonyl (C=O) groups is 1. The minimum absolute atomic E-state index is 0.292.